The van der Waals surface area contributed by atoms with Crippen LogP contribution in [0.5, 0.6) is 0 Å². The number of nitrogens with zero attached hydrogens (tertiary/aromatic N) is 5. The molecule has 1 saturated heterocycles. The summed E-state index contributed by atoms with van der Waals surface area (Å²) < 4.78 is 1.65. The topological polar surface area (TPSA) is 63.4 Å². The maximum absolute atomic E-state index is 12.9. The zero-order valence-corrected chi connectivity index (χ0v) is 13.6. The maximum atomic E-state index is 12.9. The molecule has 2 aromatic heterocycles. The normalized spacial score (nSPS) is 22.8. The van der Waals surface area contributed by atoms with Gasteiger partial charge >= 0.3 is 0 Å². The number of amides is 1. The second kappa shape index (κ2) is 5.91. The van der Waals surface area contributed by atoms with Gasteiger partial charge < -0.3 is 4.90 Å². The van der Waals surface area contributed by atoms with Gasteiger partial charge in [0.1, 0.15) is 0 Å². The third-order valence-corrected chi connectivity index (χ3v) is 5.38. The fourth-order valence-electron chi connectivity index (χ4n) is 4.18. The summed E-state index contributed by atoms with van der Waals surface area (Å²) in [7, 11) is 0. The molecule has 0 spiro atoms. The van der Waals surface area contributed by atoms with Crippen LogP contribution in [0.4, 0.5) is 0 Å². The lowest BCUT2D eigenvalue weighted by Gasteiger charge is -2.33. The molecule has 2 aliphatic rings. The van der Waals surface area contributed by atoms with Crippen molar-refractivity contribution < 1.29 is 4.79 Å². The molecule has 1 amide bonds. The highest BCUT2D eigenvalue weighted by Crippen LogP contribution is 2.34. The Bertz CT molecular complexity index is 719. The lowest BCUT2D eigenvalue weighted by atomic mass is 9.83. The molecule has 1 saturated carbocycles. The van der Waals surface area contributed by atoms with Gasteiger partial charge in [-0.2, -0.15) is 4.98 Å². The first kappa shape index (κ1) is 14.6. The van der Waals surface area contributed by atoms with E-state index in [1.807, 2.05) is 17.9 Å². The lowest BCUT2D eigenvalue weighted by Crippen LogP contribution is -2.41. The van der Waals surface area contributed by atoms with E-state index in [0.29, 0.717) is 17.7 Å². The average molecular weight is 313 g/mol. The van der Waals surface area contributed by atoms with Crippen LogP contribution in [0.15, 0.2) is 12.3 Å². The van der Waals surface area contributed by atoms with E-state index in [-0.39, 0.29) is 11.7 Å². The predicted octanol–water partition coefficient (Wildman–Crippen LogP) is 2.62. The van der Waals surface area contributed by atoms with E-state index in [9.17, 15) is 4.79 Å². The minimum Gasteiger partial charge on any atom is -0.333 e. The van der Waals surface area contributed by atoms with Crippen LogP contribution in [0, 0.1) is 12.8 Å². The van der Waals surface area contributed by atoms with E-state index in [2.05, 4.69) is 15.1 Å². The SMILES string of the molecule is Cc1ccnc2nc(C(=O)N3CCC[C@H]3C3CCCCC3)nn12. The molecule has 0 bridgehead atoms. The highest BCUT2D eigenvalue weighted by Gasteiger charge is 2.36. The third-order valence-electron chi connectivity index (χ3n) is 5.38. The van der Waals surface area contributed by atoms with Gasteiger partial charge in [0.15, 0.2) is 0 Å². The summed E-state index contributed by atoms with van der Waals surface area (Å²) in [6.45, 7) is 2.78. The summed E-state index contributed by atoms with van der Waals surface area (Å²) in [5.74, 6) is 1.42. The Morgan fingerprint density at radius 1 is 1.17 bits per heavy atom. The predicted molar refractivity (Wildman–Crippen MR) is 86.2 cm³/mol. The first-order chi connectivity index (χ1) is 11.2. The number of aryl methyl sites for hydroxylation is 1. The van der Waals surface area contributed by atoms with Gasteiger partial charge in [0.05, 0.1) is 0 Å². The maximum Gasteiger partial charge on any atom is 0.293 e. The monoisotopic (exact) mass is 313 g/mol. The standard InChI is InChI=1S/C17H23N5O/c1-12-9-10-18-17-19-15(20-22(12)17)16(23)21-11-5-8-14(21)13-6-3-2-4-7-13/h9-10,13-14H,2-8,11H2,1H3/t14-/m0/s1. The largest absolute Gasteiger partial charge is 0.333 e. The van der Waals surface area contributed by atoms with Crippen LogP contribution in [0.1, 0.15) is 61.3 Å². The molecule has 23 heavy (non-hydrogen) atoms. The van der Waals surface area contributed by atoms with Gasteiger partial charge in [-0.25, -0.2) is 9.50 Å². The highest BCUT2D eigenvalue weighted by atomic mass is 16.2. The lowest BCUT2D eigenvalue weighted by molar-refractivity contribution is 0.0649. The van der Waals surface area contributed by atoms with Gasteiger partial charge in [0, 0.05) is 24.5 Å². The molecule has 1 atom stereocenters. The summed E-state index contributed by atoms with van der Waals surface area (Å²) in [6, 6.07) is 2.25. The molecule has 1 aliphatic carbocycles. The van der Waals surface area contributed by atoms with Gasteiger partial charge in [-0.15, -0.1) is 5.10 Å². The number of carbonyl (C=O) groups excluding carboxylic acids is 1. The molecular formula is C17H23N5O. The van der Waals surface area contributed by atoms with Crippen molar-refractivity contribution in [3.63, 3.8) is 0 Å². The average Bonchev–Trinajstić information content (AvgIpc) is 3.23. The molecule has 2 fully saturated rings. The number of hydrogen-bond acceptors (Lipinski definition) is 4. The molecule has 122 valence electrons. The first-order valence-corrected chi connectivity index (χ1v) is 8.73. The molecular weight excluding hydrogens is 290 g/mol. The molecule has 0 N–H and O–H groups in total. The Hall–Kier alpha value is -1.98. The van der Waals surface area contributed by atoms with E-state index in [4.69, 9.17) is 0 Å². The van der Waals surface area contributed by atoms with Crippen LogP contribution < -0.4 is 0 Å². The van der Waals surface area contributed by atoms with Crippen LogP contribution >= 0.6 is 0 Å². The molecule has 0 radical (unpaired) electrons. The summed E-state index contributed by atoms with van der Waals surface area (Å²) >= 11 is 0. The Morgan fingerprint density at radius 2 is 2.00 bits per heavy atom. The number of fused-ring (bicyclic) bond motifs is 1. The Morgan fingerprint density at radius 3 is 2.78 bits per heavy atom. The summed E-state index contributed by atoms with van der Waals surface area (Å²) in [5.41, 5.74) is 0.937. The van der Waals surface area contributed by atoms with Crippen molar-refractivity contribution in [3.8, 4) is 0 Å². The Kier molecular flexibility index (Phi) is 3.75. The molecule has 0 aromatic carbocycles. The zero-order chi connectivity index (χ0) is 15.8. The fraction of sp³-hybridized carbons (Fsp3) is 0.647. The van der Waals surface area contributed by atoms with Crippen LogP contribution in [0.2, 0.25) is 0 Å². The number of carbonyl (C=O) groups is 1. The van der Waals surface area contributed by atoms with Crippen molar-refractivity contribution in [1.82, 2.24) is 24.5 Å². The summed E-state index contributed by atoms with van der Waals surface area (Å²) in [6.07, 6.45) is 10.4. The molecule has 2 aromatic rings. The van der Waals surface area contributed by atoms with E-state index < -0.39 is 0 Å². The quantitative estimate of drug-likeness (QED) is 0.855. The van der Waals surface area contributed by atoms with Gasteiger partial charge in [-0.1, -0.05) is 19.3 Å². The third kappa shape index (κ3) is 2.60. The molecule has 3 heterocycles. The van der Waals surface area contributed by atoms with E-state index in [1.54, 1.807) is 10.7 Å². The fourth-order valence-corrected chi connectivity index (χ4v) is 4.18. The van der Waals surface area contributed by atoms with Gasteiger partial charge in [-0.05, 0) is 44.6 Å². The minimum absolute atomic E-state index is 0.0250. The zero-order valence-electron chi connectivity index (χ0n) is 13.6. The molecule has 0 unspecified atom stereocenters. The number of hydrogen-bond donors (Lipinski definition) is 0. The van der Waals surface area contributed by atoms with Crippen LogP contribution in [0.25, 0.3) is 5.78 Å². The molecule has 6 nitrogen and oxygen atoms in total. The molecule has 1 aliphatic heterocycles. The van der Waals surface area contributed by atoms with Crippen molar-refractivity contribution in [3.05, 3.63) is 23.8 Å². The van der Waals surface area contributed by atoms with Crippen molar-refractivity contribution in [2.75, 3.05) is 6.54 Å². The molecule has 4 rings (SSSR count). The Labute approximate surface area is 135 Å². The van der Waals surface area contributed by atoms with E-state index in [1.165, 1.54) is 32.1 Å². The summed E-state index contributed by atoms with van der Waals surface area (Å²) in [4.78, 5) is 23.5. The van der Waals surface area contributed by atoms with Crippen LogP contribution in [-0.2, 0) is 0 Å². The summed E-state index contributed by atoms with van der Waals surface area (Å²) in [5, 5.41) is 4.39. The van der Waals surface area contributed by atoms with Crippen molar-refractivity contribution in [2.24, 2.45) is 5.92 Å². The van der Waals surface area contributed by atoms with Gasteiger partial charge in [0.2, 0.25) is 5.82 Å². The first-order valence-electron chi connectivity index (χ1n) is 8.73. The van der Waals surface area contributed by atoms with E-state index >= 15 is 0 Å². The Balaban J connectivity index is 1.60. The van der Waals surface area contributed by atoms with Crippen LogP contribution in [0.3, 0.4) is 0 Å². The van der Waals surface area contributed by atoms with Gasteiger partial charge in [0.25, 0.3) is 11.7 Å². The van der Waals surface area contributed by atoms with E-state index in [0.717, 1.165) is 25.1 Å². The number of likely N-dealkylation sites (tertiary alicyclic amines) is 1. The number of rotatable bonds is 2. The number of aromatic nitrogens is 4. The van der Waals surface area contributed by atoms with Crippen molar-refractivity contribution in [1.29, 1.82) is 0 Å². The smallest absolute Gasteiger partial charge is 0.293 e. The minimum atomic E-state index is -0.0250. The molecule has 6 heteroatoms. The highest BCUT2D eigenvalue weighted by molar-refractivity contribution is 5.91. The van der Waals surface area contributed by atoms with Gasteiger partial charge in [-0.3, -0.25) is 4.79 Å². The van der Waals surface area contributed by atoms with Crippen molar-refractivity contribution >= 4 is 11.7 Å². The van der Waals surface area contributed by atoms with Crippen molar-refractivity contribution in [2.45, 2.75) is 57.9 Å². The second-order valence-electron chi connectivity index (χ2n) is 6.84. The van der Waals surface area contributed by atoms with Crippen LogP contribution in [-0.4, -0.2) is 43.0 Å². The second-order valence-corrected chi connectivity index (χ2v) is 6.84.